The minimum atomic E-state index is 1.14. The quantitative estimate of drug-likeness (QED) is 0.670. The maximum Gasteiger partial charge on any atom is 0.0442 e. The van der Waals surface area contributed by atoms with E-state index in [-0.39, 0.29) is 0 Å². The smallest absolute Gasteiger partial charge is 0.0442 e. The van der Waals surface area contributed by atoms with Crippen LogP contribution in [0.1, 0.15) is 5.56 Å². The van der Waals surface area contributed by atoms with Crippen LogP contribution in [0.15, 0.2) is 29.2 Å². The molecule has 0 N–H and O–H groups in total. The van der Waals surface area contributed by atoms with E-state index in [0.717, 1.165) is 4.90 Å². The van der Waals surface area contributed by atoms with Crippen LogP contribution in [-0.4, -0.2) is 6.26 Å². The average molecular weight is 186 g/mol. The normalized spacial score (nSPS) is 10.0. The van der Waals surface area contributed by atoms with Gasteiger partial charge in [0.1, 0.15) is 0 Å². The lowest BCUT2D eigenvalue weighted by atomic mass is 10.2. The summed E-state index contributed by atoms with van der Waals surface area (Å²) in [6.07, 6.45) is 1.90. The molecule has 0 aliphatic heterocycles. The molecule has 0 saturated carbocycles. The van der Waals surface area contributed by atoms with Crippen molar-refractivity contribution in [3.8, 4) is 0 Å². The van der Waals surface area contributed by atoms with Crippen LogP contribution < -0.4 is 0 Å². The molecule has 3 heteroatoms. The van der Waals surface area contributed by atoms with E-state index in [0.29, 0.717) is 0 Å². The van der Waals surface area contributed by atoms with Crippen molar-refractivity contribution in [2.45, 2.75) is 11.8 Å². The predicted octanol–water partition coefficient (Wildman–Crippen LogP) is 3.30. The summed E-state index contributed by atoms with van der Waals surface area (Å²) in [5.41, 5.74) is 1.28. The molecule has 0 atom stereocenters. The van der Waals surface area contributed by atoms with Crippen LogP contribution in [0.3, 0.4) is 0 Å². The third-order valence-electron chi connectivity index (χ3n) is 1.22. The first-order valence-electron chi connectivity index (χ1n) is 3.27. The summed E-state index contributed by atoms with van der Waals surface area (Å²) in [6.45, 7) is 2.07. The molecule has 1 aromatic carbocycles. The van der Waals surface area contributed by atoms with E-state index < -0.39 is 0 Å². The van der Waals surface area contributed by atoms with E-state index in [1.165, 1.54) is 29.6 Å². The Morgan fingerprint density at radius 2 is 1.82 bits per heavy atom. The van der Waals surface area contributed by atoms with Crippen LogP contribution in [-0.2, 0) is 3.63 Å². The van der Waals surface area contributed by atoms with Crippen molar-refractivity contribution < 1.29 is 3.63 Å². The van der Waals surface area contributed by atoms with Gasteiger partial charge in [0, 0.05) is 35.2 Å². The molecule has 0 radical (unpaired) electrons. The topological polar surface area (TPSA) is 9.23 Å². The fourth-order valence-corrected chi connectivity index (χ4v) is 1.50. The lowest BCUT2D eigenvalue weighted by Gasteiger charge is -1.97. The monoisotopic (exact) mass is 186 g/mol. The standard InChI is InChI=1S/C8H10OS2/c1-7-3-5-8(6-4-7)11-9-10-2/h3-6H,1-2H3. The molecule has 0 aromatic heterocycles. The number of hydrogen-bond acceptors (Lipinski definition) is 3. The summed E-state index contributed by atoms with van der Waals surface area (Å²) in [6, 6.07) is 8.25. The molecule has 0 aliphatic carbocycles. The molecular formula is C8H10OS2. The van der Waals surface area contributed by atoms with Gasteiger partial charge in [0.2, 0.25) is 0 Å². The molecule has 0 aliphatic rings. The van der Waals surface area contributed by atoms with E-state index in [2.05, 4.69) is 31.2 Å². The first-order valence-corrected chi connectivity index (χ1v) is 5.16. The fraction of sp³-hybridized carbons (Fsp3) is 0.250. The molecule has 1 aromatic rings. The molecule has 1 rings (SSSR count). The second-order valence-corrected chi connectivity index (χ2v) is 3.65. The minimum absolute atomic E-state index is 1.14. The number of benzene rings is 1. The maximum atomic E-state index is 5.09. The van der Waals surface area contributed by atoms with Gasteiger partial charge >= 0.3 is 0 Å². The Kier molecular flexibility index (Phi) is 3.83. The van der Waals surface area contributed by atoms with Gasteiger partial charge in [0.15, 0.2) is 0 Å². The van der Waals surface area contributed by atoms with Crippen LogP contribution in [0.25, 0.3) is 0 Å². The van der Waals surface area contributed by atoms with Gasteiger partial charge < -0.3 is 0 Å². The van der Waals surface area contributed by atoms with E-state index in [4.69, 9.17) is 3.63 Å². The average Bonchev–Trinajstić information content (AvgIpc) is 2.04. The van der Waals surface area contributed by atoms with Gasteiger partial charge in [0.05, 0.1) is 0 Å². The predicted molar refractivity (Wildman–Crippen MR) is 51.6 cm³/mol. The molecular weight excluding hydrogens is 176 g/mol. The molecule has 0 bridgehead atoms. The zero-order valence-corrected chi connectivity index (χ0v) is 8.17. The lowest BCUT2D eigenvalue weighted by molar-refractivity contribution is 0.763. The summed E-state index contributed by atoms with van der Waals surface area (Å²) in [5.74, 6) is 0. The Bertz CT molecular complexity index is 208. The number of hydrogen-bond donors (Lipinski definition) is 0. The first-order chi connectivity index (χ1) is 5.33. The van der Waals surface area contributed by atoms with Crippen molar-refractivity contribution >= 4 is 24.1 Å². The third kappa shape index (κ3) is 3.18. The fourth-order valence-electron chi connectivity index (χ4n) is 0.667. The third-order valence-corrected chi connectivity index (χ3v) is 2.50. The second kappa shape index (κ2) is 4.70. The molecule has 11 heavy (non-hydrogen) atoms. The van der Waals surface area contributed by atoms with Gasteiger partial charge in [-0.15, -0.1) is 0 Å². The van der Waals surface area contributed by atoms with Gasteiger partial charge in [0.25, 0.3) is 0 Å². The van der Waals surface area contributed by atoms with E-state index in [9.17, 15) is 0 Å². The molecule has 0 unspecified atom stereocenters. The highest BCUT2D eigenvalue weighted by Crippen LogP contribution is 2.22. The SMILES string of the molecule is CSOSc1ccc(C)cc1. The second-order valence-electron chi connectivity index (χ2n) is 2.13. The van der Waals surface area contributed by atoms with Crippen molar-refractivity contribution in [2.75, 3.05) is 6.26 Å². The van der Waals surface area contributed by atoms with Crippen molar-refractivity contribution in [2.24, 2.45) is 0 Å². The zero-order valence-electron chi connectivity index (χ0n) is 6.53. The summed E-state index contributed by atoms with van der Waals surface area (Å²) < 4.78 is 5.09. The summed E-state index contributed by atoms with van der Waals surface area (Å²) >= 11 is 2.76. The molecule has 0 amide bonds. The van der Waals surface area contributed by atoms with Crippen molar-refractivity contribution in [1.82, 2.24) is 0 Å². The van der Waals surface area contributed by atoms with Crippen LogP contribution in [0.5, 0.6) is 0 Å². The molecule has 0 saturated heterocycles. The largest absolute Gasteiger partial charge is 0.242 e. The number of aryl methyl sites for hydroxylation is 1. The Labute approximate surface area is 75.9 Å². The van der Waals surface area contributed by atoms with E-state index >= 15 is 0 Å². The summed E-state index contributed by atoms with van der Waals surface area (Å²) in [5, 5.41) is 0. The highest BCUT2D eigenvalue weighted by atomic mass is 32.2. The molecule has 0 spiro atoms. The van der Waals surface area contributed by atoms with Gasteiger partial charge in [-0.3, -0.25) is 0 Å². The molecule has 1 nitrogen and oxygen atoms in total. The van der Waals surface area contributed by atoms with Gasteiger partial charge in [-0.2, -0.15) is 0 Å². The first kappa shape index (κ1) is 8.97. The number of rotatable bonds is 3. The minimum Gasteiger partial charge on any atom is -0.242 e. The van der Waals surface area contributed by atoms with Crippen LogP contribution in [0, 0.1) is 6.92 Å². The molecule has 60 valence electrons. The Hall–Kier alpha value is -0.120. The van der Waals surface area contributed by atoms with Crippen molar-refractivity contribution in [3.63, 3.8) is 0 Å². The maximum absolute atomic E-state index is 5.09. The molecule has 0 heterocycles. The van der Waals surface area contributed by atoms with Crippen LogP contribution in [0.2, 0.25) is 0 Å². The molecule has 0 fully saturated rings. The van der Waals surface area contributed by atoms with Crippen LogP contribution >= 0.6 is 24.1 Å². The van der Waals surface area contributed by atoms with E-state index in [1.54, 1.807) is 0 Å². The highest BCUT2D eigenvalue weighted by Gasteiger charge is 1.92. The summed E-state index contributed by atoms with van der Waals surface area (Å²) in [7, 11) is 0. The summed E-state index contributed by atoms with van der Waals surface area (Å²) in [4.78, 5) is 1.14. The Balaban J connectivity index is 2.52. The van der Waals surface area contributed by atoms with Gasteiger partial charge in [-0.05, 0) is 19.1 Å². The van der Waals surface area contributed by atoms with Crippen molar-refractivity contribution in [3.05, 3.63) is 29.8 Å². The van der Waals surface area contributed by atoms with E-state index in [1.807, 2.05) is 6.26 Å². The zero-order chi connectivity index (χ0) is 8.10. The Morgan fingerprint density at radius 3 is 2.36 bits per heavy atom. The van der Waals surface area contributed by atoms with Gasteiger partial charge in [-0.25, -0.2) is 3.63 Å². The highest BCUT2D eigenvalue weighted by molar-refractivity contribution is 8.07. The van der Waals surface area contributed by atoms with Crippen LogP contribution in [0.4, 0.5) is 0 Å². The lowest BCUT2D eigenvalue weighted by Crippen LogP contribution is -1.72. The van der Waals surface area contributed by atoms with Gasteiger partial charge in [-0.1, -0.05) is 17.7 Å². The van der Waals surface area contributed by atoms with Crippen molar-refractivity contribution in [1.29, 1.82) is 0 Å². The Morgan fingerprint density at radius 1 is 1.18 bits per heavy atom.